The van der Waals surface area contributed by atoms with Crippen LogP contribution >= 0.6 is 11.6 Å². The molecular weight excluding hydrogens is 448 g/mol. The predicted molar refractivity (Wildman–Crippen MR) is 127 cm³/mol. The fourth-order valence-electron chi connectivity index (χ4n) is 3.52. The lowest BCUT2D eigenvalue weighted by atomic mass is 10.1. The molecule has 1 heterocycles. The number of aryl methyl sites for hydroxylation is 1. The number of halogens is 1. The van der Waals surface area contributed by atoms with E-state index in [9.17, 15) is 13.2 Å². The smallest absolute Gasteiger partial charge is 0.259 e. The van der Waals surface area contributed by atoms with Gasteiger partial charge >= 0.3 is 0 Å². The molecule has 2 aromatic carbocycles. The highest BCUT2D eigenvalue weighted by Gasteiger charge is 2.33. The number of nitrogens with one attached hydrogen (secondary N) is 2. The summed E-state index contributed by atoms with van der Waals surface area (Å²) in [4.78, 5) is 13.0. The zero-order valence-electron chi connectivity index (χ0n) is 17.9. The minimum absolute atomic E-state index is 0.0611. The van der Waals surface area contributed by atoms with E-state index in [1.165, 1.54) is 0 Å². The summed E-state index contributed by atoms with van der Waals surface area (Å²) >= 11 is 6.30. The first-order chi connectivity index (χ1) is 15.3. The van der Waals surface area contributed by atoms with Crippen molar-refractivity contribution in [3.63, 3.8) is 0 Å². The van der Waals surface area contributed by atoms with Crippen molar-refractivity contribution in [3.05, 3.63) is 70.5 Å². The van der Waals surface area contributed by atoms with Crippen LogP contribution in [0.4, 0.5) is 11.4 Å². The number of rotatable bonds is 8. The van der Waals surface area contributed by atoms with Crippen LogP contribution in [-0.2, 0) is 10.0 Å². The monoisotopic (exact) mass is 472 g/mol. The molecule has 0 spiro atoms. The third-order valence-electron chi connectivity index (χ3n) is 5.30. The van der Waals surface area contributed by atoms with E-state index in [4.69, 9.17) is 11.6 Å². The molecule has 0 saturated heterocycles. The number of carbonyl (C=O) groups excluding carboxylic acids is 1. The number of aromatic nitrogens is 2. The Morgan fingerprint density at radius 2 is 1.84 bits per heavy atom. The highest BCUT2D eigenvalue weighted by Crippen LogP contribution is 2.42. The SMILES string of the molecule is CCCS(=O)(=O)Nc1ccc(NC(=O)c2cnn(-c3ccc(C)c(Cl)c3)c2C2CC2)cc1. The number of benzene rings is 2. The number of hydrogen-bond acceptors (Lipinski definition) is 4. The molecule has 1 fully saturated rings. The largest absolute Gasteiger partial charge is 0.322 e. The van der Waals surface area contributed by atoms with Crippen molar-refractivity contribution in [3.8, 4) is 5.69 Å². The Morgan fingerprint density at radius 1 is 1.16 bits per heavy atom. The standard InChI is InChI=1S/C23H25ClN4O3S/c1-3-12-32(30,31)27-18-9-7-17(8-10-18)26-23(29)20-14-25-28(22(20)16-5-6-16)19-11-4-15(2)21(24)13-19/h4,7-11,13-14,16,27H,3,5-6,12H2,1-2H3,(H,26,29). The predicted octanol–water partition coefficient (Wildman–Crippen LogP) is 5.12. The summed E-state index contributed by atoms with van der Waals surface area (Å²) in [6, 6.07) is 12.3. The van der Waals surface area contributed by atoms with Crippen LogP contribution in [0, 0.1) is 6.92 Å². The lowest BCUT2D eigenvalue weighted by molar-refractivity contribution is 0.102. The molecule has 1 amide bonds. The first-order valence-electron chi connectivity index (χ1n) is 10.5. The molecule has 1 aliphatic carbocycles. The lowest BCUT2D eigenvalue weighted by Gasteiger charge is -2.11. The molecule has 2 N–H and O–H groups in total. The highest BCUT2D eigenvalue weighted by atomic mass is 35.5. The zero-order valence-corrected chi connectivity index (χ0v) is 19.5. The van der Waals surface area contributed by atoms with Crippen molar-refractivity contribution in [2.75, 3.05) is 15.8 Å². The van der Waals surface area contributed by atoms with E-state index in [2.05, 4.69) is 15.1 Å². The van der Waals surface area contributed by atoms with Crippen LogP contribution < -0.4 is 10.0 Å². The first-order valence-corrected chi connectivity index (χ1v) is 12.6. The van der Waals surface area contributed by atoms with Gasteiger partial charge in [0.2, 0.25) is 10.0 Å². The molecular formula is C23H25ClN4O3S. The van der Waals surface area contributed by atoms with Crippen molar-refractivity contribution >= 4 is 38.9 Å². The molecule has 3 aromatic rings. The third kappa shape index (κ3) is 4.97. The number of hydrogen-bond donors (Lipinski definition) is 2. The summed E-state index contributed by atoms with van der Waals surface area (Å²) in [6.07, 6.45) is 4.15. The second-order valence-electron chi connectivity index (χ2n) is 8.02. The molecule has 1 saturated carbocycles. The maximum atomic E-state index is 13.0. The molecule has 0 unspecified atom stereocenters. The van der Waals surface area contributed by atoms with E-state index in [0.717, 1.165) is 29.8 Å². The molecule has 168 valence electrons. The minimum atomic E-state index is -3.36. The third-order valence-corrected chi connectivity index (χ3v) is 7.20. The van der Waals surface area contributed by atoms with Crippen LogP contribution in [0.2, 0.25) is 5.02 Å². The van der Waals surface area contributed by atoms with Gasteiger partial charge in [-0.3, -0.25) is 9.52 Å². The van der Waals surface area contributed by atoms with E-state index < -0.39 is 10.0 Å². The normalized spacial score (nSPS) is 13.7. The van der Waals surface area contributed by atoms with Gasteiger partial charge in [0.15, 0.2) is 0 Å². The summed E-state index contributed by atoms with van der Waals surface area (Å²) in [5.74, 6) is 0.0929. The average Bonchev–Trinajstić information content (AvgIpc) is 3.49. The van der Waals surface area contributed by atoms with Crippen LogP contribution in [0.15, 0.2) is 48.7 Å². The minimum Gasteiger partial charge on any atom is -0.322 e. The second-order valence-corrected chi connectivity index (χ2v) is 10.3. The van der Waals surface area contributed by atoms with Gasteiger partial charge in [0.1, 0.15) is 0 Å². The first kappa shape index (κ1) is 22.4. The number of carbonyl (C=O) groups is 1. The van der Waals surface area contributed by atoms with Gasteiger partial charge in [0.25, 0.3) is 5.91 Å². The summed E-state index contributed by atoms with van der Waals surface area (Å²) in [6.45, 7) is 3.75. The lowest BCUT2D eigenvalue weighted by Crippen LogP contribution is -2.16. The molecule has 0 radical (unpaired) electrons. The molecule has 7 nitrogen and oxygen atoms in total. The molecule has 1 aromatic heterocycles. The van der Waals surface area contributed by atoms with Crippen molar-refractivity contribution in [1.29, 1.82) is 0 Å². The fraction of sp³-hybridized carbons (Fsp3) is 0.304. The number of nitrogens with zero attached hydrogens (tertiary/aromatic N) is 2. The zero-order chi connectivity index (χ0) is 22.9. The number of sulfonamides is 1. The van der Waals surface area contributed by atoms with Crippen LogP contribution in [0.1, 0.15) is 53.7 Å². The van der Waals surface area contributed by atoms with E-state index in [-0.39, 0.29) is 17.6 Å². The van der Waals surface area contributed by atoms with E-state index in [1.54, 1.807) is 35.1 Å². The van der Waals surface area contributed by atoms with Gasteiger partial charge in [-0.15, -0.1) is 0 Å². The summed E-state index contributed by atoms with van der Waals surface area (Å²) in [7, 11) is -3.36. The number of amides is 1. The van der Waals surface area contributed by atoms with Gasteiger partial charge in [-0.25, -0.2) is 13.1 Å². The van der Waals surface area contributed by atoms with Crippen LogP contribution in [-0.4, -0.2) is 29.9 Å². The maximum Gasteiger partial charge on any atom is 0.259 e. The van der Waals surface area contributed by atoms with Crippen molar-refractivity contribution in [2.24, 2.45) is 0 Å². The van der Waals surface area contributed by atoms with Crippen LogP contribution in [0.25, 0.3) is 5.69 Å². The van der Waals surface area contributed by atoms with Gasteiger partial charge in [-0.1, -0.05) is 24.6 Å². The Hall–Kier alpha value is -2.84. The highest BCUT2D eigenvalue weighted by molar-refractivity contribution is 7.92. The topological polar surface area (TPSA) is 93.1 Å². The van der Waals surface area contributed by atoms with Crippen molar-refractivity contribution in [1.82, 2.24) is 9.78 Å². The Balaban J connectivity index is 1.54. The van der Waals surface area contributed by atoms with Gasteiger partial charge in [0.05, 0.1) is 28.9 Å². The molecule has 0 aliphatic heterocycles. The summed E-state index contributed by atoms with van der Waals surface area (Å²) in [5.41, 5.74) is 4.24. The molecule has 32 heavy (non-hydrogen) atoms. The molecule has 1 aliphatic rings. The van der Waals surface area contributed by atoms with E-state index in [0.29, 0.717) is 28.4 Å². The summed E-state index contributed by atoms with van der Waals surface area (Å²) in [5, 5.41) is 8.01. The summed E-state index contributed by atoms with van der Waals surface area (Å²) < 4.78 is 28.2. The fourth-order valence-corrected chi connectivity index (χ4v) is 4.83. The van der Waals surface area contributed by atoms with E-state index in [1.807, 2.05) is 32.0 Å². The molecule has 0 atom stereocenters. The van der Waals surface area contributed by atoms with Crippen molar-refractivity contribution in [2.45, 2.75) is 39.0 Å². The molecule has 0 bridgehead atoms. The second kappa shape index (κ2) is 8.96. The Kier molecular flexibility index (Phi) is 6.26. The van der Waals surface area contributed by atoms with Gasteiger partial charge < -0.3 is 5.32 Å². The quantitative estimate of drug-likeness (QED) is 0.476. The van der Waals surface area contributed by atoms with Crippen LogP contribution in [0.5, 0.6) is 0 Å². The molecule has 9 heteroatoms. The molecule has 4 rings (SSSR count). The van der Waals surface area contributed by atoms with Gasteiger partial charge in [-0.05, 0) is 68.1 Å². The van der Waals surface area contributed by atoms with Crippen molar-refractivity contribution < 1.29 is 13.2 Å². The van der Waals surface area contributed by atoms with E-state index >= 15 is 0 Å². The average molecular weight is 473 g/mol. The Bertz CT molecular complexity index is 1250. The Labute approximate surface area is 192 Å². The Morgan fingerprint density at radius 3 is 2.47 bits per heavy atom. The van der Waals surface area contributed by atoms with Crippen LogP contribution in [0.3, 0.4) is 0 Å². The van der Waals surface area contributed by atoms with Gasteiger partial charge in [-0.2, -0.15) is 5.10 Å². The van der Waals surface area contributed by atoms with Gasteiger partial charge in [0, 0.05) is 22.3 Å². The number of anilines is 2. The maximum absolute atomic E-state index is 13.0.